The summed E-state index contributed by atoms with van der Waals surface area (Å²) in [5.41, 5.74) is 0. The summed E-state index contributed by atoms with van der Waals surface area (Å²) in [5, 5.41) is 7.87. The fraction of sp³-hybridized carbons (Fsp3) is 1.00. The Hall–Kier alpha value is -0.0800. The van der Waals surface area contributed by atoms with Gasteiger partial charge < -0.3 is 5.32 Å². The van der Waals surface area contributed by atoms with Crippen LogP contribution in [0.4, 0.5) is 0 Å². The number of rotatable bonds is 5. The molecule has 0 spiro atoms. The minimum Gasteiger partial charge on any atom is -0.301 e. The first kappa shape index (κ1) is 9.01. The molecule has 11 heavy (non-hydrogen) atoms. The van der Waals surface area contributed by atoms with Crippen LogP contribution < -0.4 is 10.6 Å². The molecule has 1 heterocycles. The zero-order chi connectivity index (χ0) is 7.94. The zero-order valence-corrected chi connectivity index (χ0v) is 7.47. The standard InChI is InChI=1S/C9H19N2/c1-2-3-4-7-10-9-6-5-8-11-9/h9-10H,2-8H2,1H3. The predicted octanol–water partition coefficient (Wildman–Crippen LogP) is 1.49. The van der Waals surface area contributed by atoms with E-state index in [1.54, 1.807) is 0 Å². The van der Waals surface area contributed by atoms with Gasteiger partial charge in [-0.3, -0.25) is 0 Å². The maximum absolute atomic E-state index is 4.42. The van der Waals surface area contributed by atoms with Crippen molar-refractivity contribution in [3.63, 3.8) is 0 Å². The average Bonchev–Trinajstić information content (AvgIpc) is 2.50. The van der Waals surface area contributed by atoms with E-state index in [2.05, 4.69) is 17.6 Å². The highest BCUT2D eigenvalue weighted by atomic mass is 15.1. The lowest BCUT2D eigenvalue weighted by atomic mass is 10.2. The molecule has 0 aromatic rings. The van der Waals surface area contributed by atoms with Gasteiger partial charge in [-0.25, -0.2) is 5.32 Å². The average molecular weight is 155 g/mol. The second-order valence-electron chi connectivity index (χ2n) is 3.23. The number of hydrogen-bond acceptors (Lipinski definition) is 1. The first-order valence-electron chi connectivity index (χ1n) is 4.83. The SMILES string of the molecule is CCCCCNC1CCC[N]1. The summed E-state index contributed by atoms with van der Waals surface area (Å²) in [4.78, 5) is 0. The van der Waals surface area contributed by atoms with Crippen LogP contribution in [-0.4, -0.2) is 19.3 Å². The minimum absolute atomic E-state index is 0.492. The van der Waals surface area contributed by atoms with E-state index < -0.39 is 0 Å². The molecule has 1 radical (unpaired) electrons. The summed E-state index contributed by atoms with van der Waals surface area (Å²) < 4.78 is 0. The van der Waals surface area contributed by atoms with Gasteiger partial charge in [-0.15, -0.1) is 0 Å². The van der Waals surface area contributed by atoms with Crippen LogP contribution in [0.25, 0.3) is 0 Å². The highest BCUT2D eigenvalue weighted by Crippen LogP contribution is 2.03. The highest BCUT2D eigenvalue weighted by Gasteiger charge is 2.13. The summed E-state index contributed by atoms with van der Waals surface area (Å²) in [6, 6.07) is 0. The van der Waals surface area contributed by atoms with Crippen LogP contribution in [0.1, 0.15) is 39.0 Å². The molecule has 0 aromatic heterocycles. The van der Waals surface area contributed by atoms with Gasteiger partial charge in [0.1, 0.15) is 0 Å². The molecule has 1 aliphatic rings. The van der Waals surface area contributed by atoms with Gasteiger partial charge in [0, 0.05) is 6.54 Å². The van der Waals surface area contributed by atoms with Crippen LogP contribution in [0.5, 0.6) is 0 Å². The lowest BCUT2D eigenvalue weighted by molar-refractivity contribution is 0.465. The molecular weight excluding hydrogens is 136 g/mol. The number of hydrogen-bond donors (Lipinski definition) is 1. The van der Waals surface area contributed by atoms with Crippen molar-refractivity contribution in [3.05, 3.63) is 0 Å². The van der Waals surface area contributed by atoms with E-state index in [0.717, 1.165) is 13.1 Å². The van der Waals surface area contributed by atoms with Crippen molar-refractivity contribution in [1.82, 2.24) is 10.6 Å². The van der Waals surface area contributed by atoms with Crippen molar-refractivity contribution < 1.29 is 0 Å². The van der Waals surface area contributed by atoms with Crippen LogP contribution in [0.3, 0.4) is 0 Å². The topological polar surface area (TPSA) is 26.1 Å². The molecule has 2 nitrogen and oxygen atoms in total. The van der Waals surface area contributed by atoms with E-state index in [1.165, 1.54) is 32.1 Å². The van der Waals surface area contributed by atoms with E-state index in [0.29, 0.717) is 6.17 Å². The zero-order valence-electron chi connectivity index (χ0n) is 7.47. The van der Waals surface area contributed by atoms with Gasteiger partial charge in [-0.05, 0) is 25.8 Å². The molecule has 1 N–H and O–H groups in total. The van der Waals surface area contributed by atoms with Crippen LogP contribution in [-0.2, 0) is 0 Å². The highest BCUT2D eigenvalue weighted by molar-refractivity contribution is 4.70. The van der Waals surface area contributed by atoms with Crippen molar-refractivity contribution in [2.45, 2.75) is 45.2 Å². The molecule has 0 aliphatic carbocycles. The minimum atomic E-state index is 0.492. The molecule has 1 atom stereocenters. The molecule has 1 fully saturated rings. The van der Waals surface area contributed by atoms with Gasteiger partial charge in [-0.2, -0.15) is 0 Å². The maximum atomic E-state index is 4.42. The Morgan fingerprint density at radius 2 is 2.36 bits per heavy atom. The van der Waals surface area contributed by atoms with E-state index >= 15 is 0 Å². The first-order valence-corrected chi connectivity index (χ1v) is 4.83. The molecule has 1 unspecified atom stereocenters. The molecule has 1 saturated heterocycles. The maximum Gasteiger partial charge on any atom is 0.0736 e. The Balaban J connectivity index is 1.86. The van der Waals surface area contributed by atoms with E-state index in [4.69, 9.17) is 0 Å². The second-order valence-corrected chi connectivity index (χ2v) is 3.23. The molecule has 1 rings (SSSR count). The Bertz CT molecular complexity index is 87.6. The number of nitrogens with zero attached hydrogens (tertiary/aromatic N) is 1. The van der Waals surface area contributed by atoms with Crippen LogP contribution >= 0.6 is 0 Å². The Morgan fingerprint density at radius 3 is 3.00 bits per heavy atom. The van der Waals surface area contributed by atoms with Gasteiger partial charge in [0.25, 0.3) is 0 Å². The first-order chi connectivity index (χ1) is 5.43. The summed E-state index contributed by atoms with van der Waals surface area (Å²) in [5.74, 6) is 0. The lowest BCUT2D eigenvalue weighted by Gasteiger charge is -2.09. The van der Waals surface area contributed by atoms with Crippen molar-refractivity contribution in [2.24, 2.45) is 0 Å². The fourth-order valence-electron chi connectivity index (χ4n) is 1.43. The quantitative estimate of drug-likeness (QED) is 0.598. The van der Waals surface area contributed by atoms with Crippen molar-refractivity contribution in [2.75, 3.05) is 13.1 Å². The summed E-state index contributed by atoms with van der Waals surface area (Å²) >= 11 is 0. The van der Waals surface area contributed by atoms with Crippen LogP contribution in [0.15, 0.2) is 0 Å². The monoisotopic (exact) mass is 155 g/mol. The molecule has 0 saturated carbocycles. The van der Waals surface area contributed by atoms with Crippen LogP contribution in [0.2, 0.25) is 0 Å². The Labute approximate surface area is 69.8 Å². The van der Waals surface area contributed by atoms with Gasteiger partial charge >= 0.3 is 0 Å². The molecule has 0 amide bonds. The van der Waals surface area contributed by atoms with Crippen molar-refractivity contribution in [1.29, 1.82) is 0 Å². The molecule has 0 aromatic carbocycles. The molecule has 65 valence electrons. The molecule has 0 bridgehead atoms. The third-order valence-corrected chi connectivity index (χ3v) is 2.15. The third kappa shape index (κ3) is 3.73. The summed E-state index contributed by atoms with van der Waals surface area (Å²) in [7, 11) is 0. The molecule has 1 aliphatic heterocycles. The largest absolute Gasteiger partial charge is 0.301 e. The van der Waals surface area contributed by atoms with Crippen LogP contribution in [0, 0.1) is 0 Å². The van der Waals surface area contributed by atoms with E-state index in [-0.39, 0.29) is 0 Å². The molecular formula is C9H19N2. The van der Waals surface area contributed by atoms with Gasteiger partial charge in [0.2, 0.25) is 0 Å². The Kier molecular flexibility index (Phi) is 4.55. The predicted molar refractivity (Wildman–Crippen MR) is 47.6 cm³/mol. The number of nitrogens with one attached hydrogen (secondary N) is 1. The Morgan fingerprint density at radius 1 is 1.45 bits per heavy atom. The normalized spacial score (nSPS) is 24.3. The van der Waals surface area contributed by atoms with Gasteiger partial charge in [0.05, 0.1) is 6.17 Å². The second kappa shape index (κ2) is 5.56. The molecule has 2 heteroatoms. The number of unbranched alkanes of at least 4 members (excludes halogenated alkanes) is 2. The van der Waals surface area contributed by atoms with E-state index in [1.807, 2.05) is 0 Å². The third-order valence-electron chi connectivity index (χ3n) is 2.15. The fourth-order valence-corrected chi connectivity index (χ4v) is 1.43. The van der Waals surface area contributed by atoms with Crippen molar-refractivity contribution in [3.8, 4) is 0 Å². The lowest BCUT2D eigenvalue weighted by Crippen LogP contribution is -2.33. The van der Waals surface area contributed by atoms with Crippen molar-refractivity contribution >= 4 is 0 Å². The smallest absolute Gasteiger partial charge is 0.0736 e. The summed E-state index contributed by atoms with van der Waals surface area (Å²) in [6.07, 6.45) is 7.00. The van der Waals surface area contributed by atoms with E-state index in [9.17, 15) is 0 Å². The van der Waals surface area contributed by atoms with Gasteiger partial charge in [0.15, 0.2) is 0 Å². The summed E-state index contributed by atoms with van der Waals surface area (Å²) in [6.45, 7) is 4.47. The van der Waals surface area contributed by atoms with Gasteiger partial charge in [-0.1, -0.05) is 19.8 Å².